The van der Waals surface area contributed by atoms with Crippen molar-refractivity contribution in [3.05, 3.63) is 47.8 Å². The predicted molar refractivity (Wildman–Crippen MR) is 77.4 cm³/mol. The minimum atomic E-state index is -0.152. The second-order valence-electron chi connectivity index (χ2n) is 4.75. The van der Waals surface area contributed by atoms with E-state index >= 15 is 0 Å². The van der Waals surface area contributed by atoms with Crippen molar-refractivity contribution in [2.45, 2.75) is 32.7 Å². The van der Waals surface area contributed by atoms with Crippen molar-refractivity contribution in [2.75, 3.05) is 6.54 Å². The lowest BCUT2D eigenvalue weighted by Crippen LogP contribution is -2.24. The van der Waals surface area contributed by atoms with E-state index in [2.05, 4.69) is 22.6 Å². The van der Waals surface area contributed by atoms with Crippen LogP contribution in [0.25, 0.3) is 0 Å². The van der Waals surface area contributed by atoms with Crippen molar-refractivity contribution in [3.63, 3.8) is 0 Å². The Bertz CT molecular complexity index is 536. The number of nitrogens with zero attached hydrogens (tertiary/aromatic N) is 3. The van der Waals surface area contributed by atoms with Gasteiger partial charge in [0.1, 0.15) is 0 Å². The molecule has 0 radical (unpaired) electrons. The third kappa shape index (κ3) is 4.19. The molecule has 1 aromatic carbocycles. The van der Waals surface area contributed by atoms with Crippen molar-refractivity contribution in [1.29, 1.82) is 0 Å². The maximum absolute atomic E-state index is 11.8. The Morgan fingerprint density at radius 1 is 1.25 bits per heavy atom. The number of nitrogens with one attached hydrogen (secondary N) is 1. The average Bonchev–Trinajstić information content (AvgIpc) is 2.93. The molecular weight excluding hydrogens is 252 g/mol. The van der Waals surface area contributed by atoms with Crippen molar-refractivity contribution < 1.29 is 4.79 Å². The standard InChI is InChI=1S/C15H20N4O/c1-2-3-7-10-16-15(20)14-12-19(18-17-14)11-13-8-5-4-6-9-13/h4-6,8-9,12H,2-3,7,10-11H2,1H3,(H,16,20). The lowest BCUT2D eigenvalue weighted by molar-refractivity contribution is 0.0948. The Labute approximate surface area is 119 Å². The summed E-state index contributed by atoms with van der Waals surface area (Å²) in [6.07, 6.45) is 4.95. The van der Waals surface area contributed by atoms with Gasteiger partial charge in [-0.3, -0.25) is 4.79 Å². The maximum atomic E-state index is 11.8. The normalized spacial score (nSPS) is 10.4. The highest BCUT2D eigenvalue weighted by atomic mass is 16.2. The first-order valence-corrected chi connectivity index (χ1v) is 7.02. The summed E-state index contributed by atoms with van der Waals surface area (Å²) in [5.41, 5.74) is 1.50. The fourth-order valence-electron chi connectivity index (χ4n) is 1.92. The van der Waals surface area contributed by atoms with Crippen LogP contribution in [-0.4, -0.2) is 27.4 Å². The largest absolute Gasteiger partial charge is 0.351 e. The molecule has 0 fully saturated rings. The van der Waals surface area contributed by atoms with Gasteiger partial charge < -0.3 is 5.32 Å². The van der Waals surface area contributed by atoms with Gasteiger partial charge in [-0.15, -0.1) is 5.10 Å². The van der Waals surface area contributed by atoms with Gasteiger partial charge in [0.15, 0.2) is 5.69 Å². The van der Waals surface area contributed by atoms with Crippen LogP contribution in [0.4, 0.5) is 0 Å². The first-order valence-electron chi connectivity index (χ1n) is 7.02. The number of carbonyl (C=O) groups is 1. The Morgan fingerprint density at radius 2 is 2.05 bits per heavy atom. The first kappa shape index (κ1) is 14.2. The van der Waals surface area contributed by atoms with E-state index in [1.807, 2.05) is 30.3 Å². The van der Waals surface area contributed by atoms with Gasteiger partial charge in [-0.25, -0.2) is 4.68 Å². The van der Waals surface area contributed by atoms with Gasteiger partial charge in [-0.05, 0) is 12.0 Å². The monoisotopic (exact) mass is 272 g/mol. The molecule has 2 rings (SSSR count). The maximum Gasteiger partial charge on any atom is 0.273 e. The topological polar surface area (TPSA) is 59.8 Å². The molecule has 1 heterocycles. The molecule has 0 aliphatic carbocycles. The van der Waals surface area contributed by atoms with Crippen LogP contribution in [0.2, 0.25) is 0 Å². The quantitative estimate of drug-likeness (QED) is 0.786. The molecule has 106 valence electrons. The number of rotatable bonds is 7. The van der Waals surface area contributed by atoms with Gasteiger partial charge in [0.25, 0.3) is 5.91 Å². The number of unbranched alkanes of at least 4 members (excludes halogenated alkanes) is 2. The lowest BCUT2D eigenvalue weighted by atomic mass is 10.2. The van der Waals surface area contributed by atoms with E-state index in [9.17, 15) is 4.79 Å². The van der Waals surface area contributed by atoms with E-state index in [4.69, 9.17) is 0 Å². The molecule has 5 nitrogen and oxygen atoms in total. The van der Waals surface area contributed by atoms with Crippen LogP contribution in [-0.2, 0) is 6.54 Å². The van der Waals surface area contributed by atoms with Crippen LogP contribution in [0.15, 0.2) is 36.5 Å². The molecule has 0 bridgehead atoms. The zero-order valence-electron chi connectivity index (χ0n) is 11.7. The summed E-state index contributed by atoms with van der Waals surface area (Å²) in [7, 11) is 0. The summed E-state index contributed by atoms with van der Waals surface area (Å²) in [5.74, 6) is -0.152. The fraction of sp³-hybridized carbons (Fsp3) is 0.400. The third-order valence-electron chi connectivity index (χ3n) is 3.02. The van der Waals surface area contributed by atoms with E-state index < -0.39 is 0 Å². The minimum Gasteiger partial charge on any atom is -0.351 e. The van der Waals surface area contributed by atoms with Crippen LogP contribution in [0, 0.1) is 0 Å². The van der Waals surface area contributed by atoms with Gasteiger partial charge in [-0.2, -0.15) is 0 Å². The van der Waals surface area contributed by atoms with Gasteiger partial charge in [0.2, 0.25) is 0 Å². The minimum absolute atomic E-state index is 0.152. The molecular formula is C15H20N4O. The van der Waals surface area contributed by atoms with E-state index in [0.717, 1.165) is 24.8 Å². The summed E-state index contributed by atoms with van der Waals surface area (Å²) in [6.45, 7) is 3.45. The van der Waals surface area contributed by atoms with E-state index in [1.54, 1.807) is 10.9 Å². The summed E-state index contributed by atoms with van der Waals surface area (Å²) in [5, 5.41) is 10.8. The molecule has 0 spiro atoms. The molecule has 1 amide bonds. The van der Waals surface area contributed by atoms with Crippen molar-refractivity contribution in [2.24, 2.45) is 0 Å². The fourth-order valence-corrected chi connectivity index (χ4v) is 1.92. The number of carbonyl (C=O) groups excluding carboxylic acids is 1. The molecule has 5 heteroatoms. The van der Waals surface area contributed by atoms with Crippen LogP contribution in [0.5, 0.6) is 0 Å². The molecule has 0 aliphatic rings. The lowest BCUT2D eigenvalue weighted by Gasteiger charge is -2.01. The highest BCUT2D eigenvalue weighted by Gasteiger charge is 2.09. The molecule has 2 aromatic rings. The second kappa shape index (κ2) is 7.43. The summed E-state index contributed by atoms with van der Waals surface area (Å²) >= 11 is 0. The second-order valence-corrected chi connectivity index (χ2v) is 4.75. The number of amides is 1. The zero-order valence-corrected chi connectivity index (χ0v) is 11.7. The molecule has 0 atom stereocenters. The van der Waals surface area contributed by atoms with Crippen molar-refractivity contribution in [3.8, 4) is 0 Å². The number of aromatic nitrogens is 3. The SMILES string of the molecule is CCCCCNC(=O)c1cn(Cc2ccccc2)nn1. The van der Waals surface area contributed by atoms with Crippen LogP contribution in [0.1, 0.15) is 42.2 Å². The molecule has 1 aromatic heterocycles. The van der Waals surface area contributed by atoms with Gasteiger partial charge in [0, 0.05) is 6.54 Å². The Balaban J connectivity index is 1.87. The van der Waals surface area contributed by atoms with Crippen LogP contribution >= 0.6 is 0 Å². The molecule has 0 unspecified atom stereocenters. The van der Waals surface area contributed by atoms with Crippen LogP contribution in [0.3, 0.4) is 0 Å². The number of benzene rings is 1. The number of hydrogen-bond donors (Lipinski definition) is 1. The molecule has 0 saturated carbocycles. The zero-order chi connectivity index (χ0) is 14.2. The smallest absolute Gasteiger partial charge is 0.273 e. The highest BCUT2D eigenvalue weighted by molar-refractivity contribution is 5.91. The van der Waals surface area contributed by atoms with Gasteiger partial charge in [0.05, 0.1) is 12.7 Å². The first-order chi connectivity index (χ1) is 9.79. The molecule has 20 heavy (non-hydrogen) atoms. The molecule has 1 N–H and O–H groups in total. The number of hydrogen-bond acceptors (Lipinski definition) is 3. The van der Waals surface area contributed by atoms with E-state index in [-0.39, 0.29) is 5.91 Å². The summed E-state index contributed by atoms with van der Waals surface area (Å²) in [6, 6.07) is 9.97. The third-order valence-corrected chi connectivity index (χ3v) is 3.02. The van der Waals surface area contributed by atoms with Crippen molar-refractivity contribution >= 4 is 5.91 Å². The predicted octanol–water partition coefficient (Wildman–Crippen LogP) is 2.25. The van der Waals surface area contributed by atoms with E-state index in [1.165, 1.54) is 0 Å². The molecule has 0 aliphatic heterocycles. The van der Waals surface area contributed by atoms with Gasteiger partial charge in [-0.1, -0.05) is 55.3 Å². The average molecular weight is 272 g/mol. The summed E-state index contributed by atoms with van der Waals surface area (Å²) in [4.78, 5) is 11.8. The van der Waals surface area contributed by atoms with Crippen molar-refractivity contribution in [1.82, 2.24) is 20.3 Å². The van der Waals surface area contributed by atoms with Gasteiger partial charge >= 0.3 is 0 Å². The Morgan fingerprint density at radius 3 is 2.80 bits per heavy atom. The Kier molecular flexibility index (Phi) is 5.29. The Hall–Kier alpha value is -2.17. The molecule has 0 saturated heterocycles. The highest BCUT2D eigenvalue weighted by Crippen LogP contribution is 2.02. The van der Waals surface area contributed by atoms with E-state index in [0.29, 0.717) is 18.8 Å². The van der Waals surface area contributed by atoms with Crippen LogP contribution < -0.4 is 5.32 Å². The summed E-state index contributed by atoms with van der Waals surface area (Å²) < 4.78 is 1.68.